The van der Waals surface area contributed by atoms with E-state index in [4.69, 9.17) is 4.74 Å². The number of ether oxygens (including phenoxy) is 1. The van der Waals surface area contributed by atoms with E-state index in [9.17, 15) is 17.6 Å². The number of sulfonamides is 1. The maximum atomic E-state index is 14.0. The zero-order valence-corrected chi connectivity index (χ0v) is 13.5. The molecule has 1 amide bonds. The second-order valence-corrected chi connectivity index (χ2v) is 7.60. The molecule has 8 heteroatoms. The lowest BCUT2D eigenvalue weighted by molar-refractivity contribution is 0.0730. The van der Waals surface area contributed by atoms with Gasteiger partial charge in [-0.05, 0) is 31.0 Å². The van der Waals surface area contributed by atoms with Gasteiger partial charge < -0.3 is 9.64 Å². The molecule has 3 rings (SSSR count). The molecule has 2 saturated heterocycles. The Labute approximate surface area is 134 Å². The van der Waals surface area contributed by atoms with Crippen LogP contribution in [0.2, 0.25) is 0 Å². The molecule has 0 radical (unpaired) electrons. The lowest BCUT2D eigenvalue weighted by Gasteiger charge is -2.26. The van der Waals surface area contributed by atoms with Gasteiger partial charge in [0, 0.05) is 26.2 Å². The summed E-state index contributed by atoms with van der Waals surface area (Å²) in [5.74, 6) is -1.14. The van der Waals surface area contributed by atoms with E-state index >= 15 is 0 Å². The summed E-state index contributed by atoms with van der Waals surface area (Å²) in [6.45, 7) is 2.35. The van der Waals surface area contributed by atoms with Gasteiger partial charge in [0.1, 0.15) is 5.82 Å². The maximum Gasteiger partial charge on any atom is 0.256 e. The number of hydrogen-bond acceptors (Lipinski definition) is 4. The molecule has 2 aliphatic rings. The van der Waals surface area contributed by atoms with Crippen LogP contribution in [0.4, 0.5) is 4.39 Å². The molecule has 0 N–H and O–H groups in total. The molecule has 0 spiro atoms. The predicted octanol–water partition coefficient (Wildman–Crippen LogP) is 1.08. The normalized spacial score (nSPS) is 20.0. The van der Waals surface area contributed by atoms with Crippen LogP contribution in [0.1, 0.15) is 23.2 Å². The van der Waals surface area contributed by atoms with Crippen molar-refractivity contribution < 1.29 is 22.3 Å². The van der Waals surface area contributed by atoms with Gasteiger partial charge in [-0.25, -0.2) is 12.8 Å². The SMILES string of the molecule is O=C(c1cc(S(=O)(=O)N2CCOCC2)ccc1F)N1CCCC1. The molecule has 1 aromatic rings. The van der Waals surface area contributed by atoms with Crippen LogP contribution in [-0.2, 0) is 14.8 Å². The third kappa shape index (κ3) is 3.24. The van der Waals surface area contributed by atoms with Gasteiger partial charge in [0.15, 0.2) is 0 Å². The van der Waals surface area contributed by atoms with Gasteiger partial charge >= 0.3 is 0 Å². The van der Waals surface area contributed by atoms with Crippen LogP contribution in [0, 0.1) is 5.82 Å². The Bertz CT molecular complexity index is 695. The Morgan fingerprint density at radius 3 is 2.39 bits per heavy atom. The van der Waals surface area contributed by atoms with E-state index in [-0.39, 0.29) is 23.5 Å². The molecular formula is C15H19FN2O4S. The van der Waals surface area contributed by atoms with Gasteiger partial charge in [0.2, 0.25) is 10.0 Å². The summed E-state index contributed by atoms with van der Waals surface area (Å²) in [7, 11) is -3.74. The number of nitrogens with zero attached hydrogens (tertiary/aromatic N) is 2. The summed E-state index contributed by atoms with van der Waals surface area (Å²) in [4.78, 5) is 13.9. The minimum atomic E-state index is -3.74. The topological polar surface area (TPSA) is 66.9 Å². The number of halogens is 1. The summed E-state index contributed by atoms with van der Waals surface area (Å²) in [5, 5.41) is 0. The minimum absolute atomic E-state index is 0.0525. The zero-order valence-electron chi connectivity index (χ0n) is 12.7. The molecule has 0 saturated carbocycles. The third-order valence-electron chi connectivity index (χ3n) is 4.17. The van der Waals surface area contributed by atoms with E-state index in [0.717, 1.165) is 25.0 Å². The van der Waals surface area contributed by atoms with E-state index < -0.39 is 21.7 Å². The van der Waals surface area contributed by atoms with Crippen LogP contribution >= 0.6 is 0 Å². The summed E-state index contributed by atoms with van der Waals surface area (Å²) in [5.41, 5.74) is -0.179. The number of benzene rings is 1. The average Bonchev–Trinajstić information content (AvgIpc) is 3.10. The van der Waals surface area contributed by atoms with E-state index in [1.165, 1.54) is 10.4 Å². The number of likely N-dealkylation sites (tertiary alicyclic amines) is 1. The van der Waals surface area contributed by atoms with E-state index in [1.54, 1.807) is 4.90 Å². The summed E-state index contributed by atoms with van der Waals surface area (Å²) < 4.78 is 45.7. The largest absolute Gasteiger partial charge is 0.379 e. The fourth-order valence-electron chi connectivity index (χ4n) is 2.86. The predicted molar refractivity (Wildman–Crippen MR) is 81.1 cm³/mol. The standard InChI is InChI=1S/C15H19FN2O4S/c16-14-4-3-12(23(20,21)18-7-9-22-10-8-18)11-13(14)15(19)17-5-1-2-6-17/h3-4,11H,1-2,5-10H2. The average molecular weight is 342 g/mol. The number of carbonyl (C=O) groups excluding carboxylic acids is 1. The molecule has 2 aliphatic heterocycles. The van der Waals surface area contributed by atoms with Crippen molar-refractivity contribution in [3.05, 3.63) is 29.6 Å². The fraction of sp³-hybridized carbons (Fsp3) is 0.533. The van der Waals surface area contributed by atoms with Crippen molar-refractivity contribution in [2.45, 2.75) is 17.7 Å². The quantitative estimate of drug-likeness (QED) is 0.824. The van der Waals surface area contributed by atoms with Gasteiger partial charge in [0.05, 0.1) is 23.7 Å². The first-order valence-electron chi connectivity index (χ1n) is 7.67. The molecule has 2 heterocycles. The number of morpholine rings is 1. The number of amides is 1. The van der Waals surface area contributed by atoms with Crippen LogP contribution in [0.15, 0.2) is 23.1 Å². The van der Waals surface area contributed by atoms with E-state index in [0.29, 0.717) is 26.3 Å². The molecule has 6 nitrogen and oxygen atoms in total. The van der Waals surface area contributed by atoms with Crippen LogP contribution in [-0.4, -0.2) is 62.9 Å². The first kappa shape index (κ1) is 16.4. The van der Waals surface area contributed by atoms with Crippen molar-refractivity contribution in [3.8, 4) is 0 Å². The summed E-state index contributed by atoms with van der Waals surface area (Å²) >= 11 is 0. The number of carbonyl (C=O) groups is 1. The first-order chi connectivity index (χ1) is 11.0. The maximum absolute atomic E-state index is 14.0. The molecule has 1 aromatic carbocycles. The second kappa shape index (κ2) is 6.54. The van der Waals surface area contributed by atoms with Gasteiger partial charge in [-0.15, -0.1) is 0 Å². The second-order valence-electron chi connectivity index (χ2n) is 5.66. The van der Waals surface area contributed by atoms with E-state index in [2.05, 4.69) is 0 Å². The van der Waals surface area contributed by atoms with Crippen molar-refractivity contribution in [3.63, 3.8) is 0 Å². The van der Waals surface area contributed by atoms with Gasteiger partial charge in [-0.1, -0.05) is 0 Å². The summed E-state index contributed by atoms with van der Waals surface area (Å²) in [6, 6.07) is 3.41. The molecule has 23 heavy (non-hydrogen) atoms. The number of rotatable bonds is 3. The molecule has 0 aromatic heterocycles. The summed E-state index contributed by atoms with van der Waals surface area (Å²) in [6.07, 6.45) is 1.78. The highest BCUT2D eigenvalue weighted by Crippen LogP contribution is 2.22. The lowest BCUT2D eigenvalue weighted by Crippen LogP contribution is -2.40. The van der Waals surface area contributed by atoms with Crippen molar-refractivity contribution >= 4 is 15.9 Å². The Balaban J connectivity index is 1.91. The smallest absolute Gasteiger partial charge is 0.256 e. The van der Waals surface area contributed by atoms with Crippen molar-refractivity contribution in [1.29, 1.82) is 0 Å². The fourth-order valence-corrected chi connectivity index (χ4v) is 4.29. The Morgan fingerprint density at radius 1 is 1.09 bits per heavy atom. The molecule has 2 fully saturated rings. The first-order valence-corrected chi connectivity index (χ1v) is 9.11. The van der Waals surface area contributed by atoms with Crippen LogP contribution < -0.4 is 0 Å². The van der Waals surface area contributed by atoms with Crippen molar-refractivity contribution in [2.75, 3.05) is 39.4 Å². The van der Waals surface area contributed by atoms with E-state index in [1.807, 2.05) is 0 Å². The molecule has 0 atom stereocenters. The van der Waals surface area contributed by atoms with Crippen LogP contribution in [0.5, 0.6) is 0 Å². The van der Waals surface area contributed by atoms with Crippen LogP contribution in [0.25, 0.3) is 0 Å². The van der Waals surface area contributed by atoms with Crippen LogP contribution in [0.3, 0.4) is 0 Å². The van der Waals surface area contributed by atoms with Gasteiger partial charge in [-0.2, -0.15) is 4.31 Å². The highest BCUT2D eigenvalue weighted by atomic mass is 32.2. The number of hydrogen-bond donors (Lipinski definition) is 0. The molecule has 0 aliphatic carbocycles. The molecule has 126 valence electrons. The zero-order chi connectivity index (χ0) is 16.4. The van der Waals surface area contributed by atoms with Crippen molar-refractivity contribution in [1.82, 2.24) is 9.21 Å². The Hall–Kier alpha value is -1.51. The Kier molecular flexibility index (Phi) is 4.65. The molecule has 0 unspecified atom stereocenters. The highest BCUT2D eigenvalue weighted by Gasteiger charge is 2.29. The van der Waals surface area contributed by atoms with Gasteiger partial charge in [-0.3, -0.25) is 4.79 Å². The Morgan fingerprint density at radius 2 is 1.74 bits per heavy atom. The lowest BCUT2D eigenvalue weighted by atomic mass is 10.2. The third-order valence-corrected chi connectivity index (χ3v) is 6.06. The molecule has 0 bridgehead atoms. The minimum Gasteiger partial charge on any atom is -0.379 e. The molecular weight excluding hydrogens is 323 g/mol. The highest BCUT2D eigenvalue weighted by molar-refractivity contribution is 7.89. The van der Waals surface area contributed by atoms with Crippen molar-refractivity contribution in [2.24, 2.45) is 0 Å². The van der Waals surface area contributed by atoms with Gasteiger partial charge in [0.25, 0.3) is 5.91 Å². The monoisotopic (exact) mass is 342 g/mol.